The van der Waals surface area contributed by atoms with Crippen molar-refractivity contribution in [2.24, 2.45) is 5.16 Å². The number of ether oxygens (including phenoxy) is 1. The summed E-state index contributed by atoms with van der Waals surface area (Å²) >= 11 is 0. The van der Waals surface area contributed by atoms with Gasteiger partial charge in [-0.3, -0.25) is 0 Å². The highest BCUT2D eigenvalue weighted by atomic mass is 16.5. The molecular weight excluding hydrogens is 366 g/mol. The average Bonchev–Trinajstić information content (AvgIpc) is 3.21. The topological polar surface area (TPSA) is 71.1 Å². The van der Waals surface area contributed by atoms with Gasteiger partial charge >= 0.3 is 0 Å². The zero-order chi connectivity index (χ0) is 20.8. The van der Waals surface area contributed by atoms with Crippen LogP contribution in [-0.2, 0) is 13.2 Å². The molecule has 0 saturated carbocycles. The lowest BCUT2D eigenvalue weighted by Gasteiger charge is -2.20. The van der Waals surface area contributed by atoms with Crippen molar-refractivity contribution >= 4 is 5.84 Å². The Morgan fingerprint density at radius 1 is 1.17 bits per heavy atom. The predicted molar refractivity (Wildman–Crippen MR) is 112 cm³/mol. The number of hydrogen-bond donors (Lipinski definition) is 1. The molecule has 0 spiro atoms. The first-order valence-electron chi connectivity index (χ1n) is 9.63. The number of aryl methyl sites for hydroxylation is 1. The third-order valence-corrected chi connectivity index (χ3v) is 4.69. The van der Waals surface area contributed by atoms with E-state index in [4.69, 9.17) is 9.15 Å². The Hall–Kier alpha value is -3.28. The van der Waals surface area contributed by atoms with Gasteiger partial charge in [0.2, 0.25) is 5.88 Å². The van der Waals surface area contributed by atoms with E-state index in [-0.39, 0.29) is 0 Å². The van der Waals surface area contributed by atoms with Crippen LogP contribution in [0, 0.1) is 6.92 Å². The first-order chi connectivity index (χ1) is 14.0. The number of pyridine rings is 1. The molecule has 152 valence electrons. The van der Waals surface area contributed by atoms with Gasteiger partial charge < -0.3 is 19.3 Å². The molecule has 0 atom stereocenters. The molecule has 0 aliphatic carbocycles. The number of nitrogens with zero attached hydrogens (tertiary/aromatic N) is 3. The number of amidine groups is 1. The lowest BCUT2D eigenvalue weighted by atomic mass is 10.0. The Labute approximate surface area is 171 Å². The lowest BCUT2D eigenvalue weighted by Crippen LogP contribution is -2.28. The van der Waals surface area contributed by atoms with Crippen molar-refractivity contribution in [3.63, 3.8) is 0 Å². The van der Waals surface area contributed by atoms with Gasteiger partial charge in [-0.15, -0.1) is 0 Å². The summed E-state index contributed by atoms with van der Waals surface area (Å²) in [5.74, 6) is 2.04. The molecular formula is C23H27N3O3. The fourth-order valence-electron chi connectivity index (χ4n) is 3.01. The molecule has 0 aliphatic heterocycles. The van der Waals surface area contributed by atoms with Crippen molar-refractivity contribution in [2.75, 3.05) is 7.05 Å². The van der Waals surface area contributed by atoms with Crippen molar-refractivity contribution in [1.29, 1.82) is 0 Å². The Bertz CT molecular complexity index is 948. The van der Waals surface area contributed by atoms with Gasteiger partial charge in [0, 0.05) is 12.7 Å². The Balaban J connectivity index is 1.79. The van der Waals surface area contributed by atoms with Crippen LogP contribution in [0.3, 0.4) is 0 Å². The number of rotatable bonds is 7. The van der Waals surface area contributed by atoms with Gasteiger partial charge in [0.05, 0.1) is 18.4 Å². The largest absolute Gasteiger partial charge is 0.472 e. The fraction of sp³-hybridized carbons (Fsp3) is 0.304. The first-order valence-corrected chi connectivity index (χ1v) is 9.63. The van der Waals surface area contributed by atoms with Crippen LogP contribution in [0.25, 0.3) is 0 Å². The van der Waals surface area contributed by atoms with E-state index in [0.29, 0.717) is 36.3 Å². The van der Waals surface area contributed by atoms with Gasteiger partial charge in [0.15, 0.2) is 5.84 Å². The van der Waals surface area contributed by atoms with Gasteiger partial charge in [-0.2, -0.15) is 0 Å². The highest BCUT2D eigenvalue weighted by Crippen LogP contribution is 2.22. The minimum absolute atomic E-state index is 0.360. The van der Waals surface area contributed by atoms with E-state index < -0.39 is 0 Å². The molecule has 0 radical (unpaired) electrons. The van der Waals surface area contributed by atoms with Crippen molar-refractivity contribution < 1.29 is 14.4 Å². The molecule has 1 aromatic carbocycles. The van der Waals surface area contributed by atoms with E-state index in [9.17, 15) is 5.21 Å². The second kappa shape index (κ2) is 9.28. The van der Waals surface area contributed by atoms with Crippen LogP contribution in [0.5, 0.6) is 5.88 Å². The van der Waals surface area contributed by atoms with E-state index in [1.807, 2.05) is 38.2 Å². The Morgan fingerprint density at radius 2 is 1.93 bits per heavy atom. The standard InChI is InChI=1S/C23H27N3O3/c1-16(2)19-10-8-18(9-11-19)15-29-23-21(12-7-17(3)24-23)22(25-27)26(4)14-20-6-5-13-28-20/h5-13,16,27H,14-15H2,1-4H3/b25-22-. The lowest BCUT2D eigenvalue weighted by molar-refractivity contribution is 0.286. The second-order valence-corrected chi connectivity index (χ2v) is 7.35. The summed E-state index contributed by atoms with van der Waals surface area (Å²) in [6, 6.07) is 15.8. The average molecular weight is 393 g/mol. The number of benzene rings is 1. The maximum atomic E-state index is 9.67. The molecule has 0 amide bonds. The van der Waals surface area contributed by atoms with E-state index >= 15 is 0 Å². The molecule has 3 aromatic rings. The highest BCUT2D eigenvalue weighted by molar-refractivity contribution is 6.00. The molecule has 0 aliphatic rings. The number of oxime groups is 1. The number of furan rings is 1. The minimum atomic E-state index is 0.360. The molecule has 0 fully saturated rings. The molecule has 3 rings (SSSR count). The third kappa shape index (κ3) is 5.16. The zero-order valence-corrected chi connectivity index (χ0v) is 17.3. The predicted octanol–water partition coefficient (Wildman–Crippen LogP) is 4.95. The molecule has 6 heteroatoms. The summed E-state index contributed by atoms with van der Waals surface area (Å²) < 4.78 is 11.4. The number of hydrogen-bond acceptors (Lipinski definition) is 5. The summed E-state index contributed by atoms with van der Waals surface area (Å²) in [4.78, 5) is 6.31. The van der Waals surface area contributed by atoms with Gasteiger partial charge in [0.1, 0.15) is 12.4 Å². The van der Waals surface area contributed by atoms with Crippen molar-refractivity contribution in [3.05, 3.63) is 82.9 Å². The summed E-state index contributed by atoms with van der Waals surface area (Å²) in [5, 5.41) is 13.2. The monoisotopic (exact) mass is 393 g/mol. The molecule has 29 heavy (non-hydrogen) atoms. The van der Waals surface area contributed by atoms with Crippen molar-refractivity contribution in [3.8, 4) is 5.88 Å². The van der Waals surface area contributed by atoms with E-state index in [2.05, 4.69) is 48.3 Å². The summed E-state index contributed by atoms with van der Waals surface area (Å²) in [6.07, 6.45) is 1.62. The molecule has 6 nitrogen and oxygen atoms in total. The van der Waals surface area contributed by atoms with Crippen LogP contribution in [-0.4, -0.2) is 28.0 Å². The summed E-state index contributed by atoms with van der Waals surface area (Å²) in [5.41, 5.74) is 3.78. The molecule has 0 bridgehead atoms. The summed E-state index contributed by atoms with van der Waals surface area (Å²) in [7, 11) is 1.83. The molecule has 2 aromatic heterocycles. The summed E-state index contributed by atoms with van der Waals surface area (Å²) in [6.45, 7) is 7.07. The molecule has 1 N–H and O–H groups in total. The van der Waals surface area contributed by atoms with Crippen molar-refractivity contribution in [1.82, 2.24) is 9.88 Å². The van der Waals surface area contributed by atoms with Crippen LogP contribution in [0.1, 0.15) is 47.9 Å². The SMILES string of the molecule is Cc1ccc(/C(=N/O)N(C)Cc2ccco2)c(OCc2ccc(C(C)C)cc2)n1. The number of aromatic nitrogens is 1. The first kappa shape index (κ1) is 20.5. The highest BCUT2D eigenvalue weighted by Gasteiger charge is 2.18. The van der Waals surface area contributed by atoms with Crippen LogP contribution in [0.2, 0.25) is 0 Å². The Kier molecular flexibility index (Phi) is 6.54. The maximum Gasteiger partial charge on any atom is 0.225 e. The minimum Gasteiger partial charge on any atom is -0.472 e. The molecule has 0 saturated heterocycles. The fourth-order valence-corrected chi connectivity index (χ4v) is 3.01. The van der Waals surface area contributed by atoms with E-state index in [1.165, 1.54) is 5.56 Å². The van der Waals surface area contributed by atoms with E-state index in [1.54, 1.807) is 11.2 Å². The van der Waals surface area contributed by atoms with Crippen LogP contribution < -0.4 is 4.74 Å². The van der Waals surface area contributed by atoms with Crippen molar-refractivity contribution in [2.45, 2.75) is 39.8 Å². The maximum absolute atomic E-state index is 9.67. The second-order valence-electron chi connectivity index (χ2n) is 7.35. The van der Waals surface area contributed by atoms with Crippen LogP contribution in [0.15, 0.2) is 64.4 Å². The third-order valence-electron chi connectivity index (χ3n) is 4.69. The van der Waals surface area contributed by atoms with Gasteiger partial charge in [-0.1, -0.05) is 43.3 Å². The molecule has 0 unspecified atom stereocenters. The normalized spacial score (nSPS) is 11.7. The zero-order valence-electron chi connectivity index (χ0n) is 17.3. The van der Waals surface area contributed by atoms with Gasteiger partial charge in [-0.05, 0) is 48.2 Å². The Morgan fingerprint density at radius 3 is 2.55 bits per heavy atom. The smallest absolute Gasteiger partial charge is 0.225 e. The van der Waals surface area contributed by atoms with Gasteiger partial charge in [0.25, 0.3) is 0 Å². The van der Waals surface area contributed by atoms with Gasteiger partial charge in [-0.25, -0.2) is 4.98 Å². The van der Waals surface area contributed by atoms with Crippen LogP contribution in [0.4, 0.5) is 0 Å². The van der Waals surface area contributed by atoms with E-state index in [0.717, 1.165) is 17.0 Å². The molecule has 2 heterocycles. The van der Waals surface area contributed by atoms with Crippen LogP contribution >= 0.6 is 0 Å². The quantitative estimate of drug-likeness (QED) is 0.266.